The molecule has 1 spiro atoms. The van der Waals surface area contributed by atoms with Gasteiger partial charge in [0.1, 0.15) is 17.8 Å². The quantitative estimate of drug-likeness (QED) is 0.709. The summed E-state index contributed by atoms with van der Waals surface area (Å²) < 4.78 is 5.57. The lowest BCUT2D eigenvalue weighted by Gasteiger charge is -2.30. The molecular formula is C25H27N3O4. The maximum atomic E-state index is 12.8. The monoisotopic (exact) mass is 433 g/mol. The zero-order valence-electron chi connectivity index (χ0n) is 18.0. The lowest BCUT2D eigenvalue weighted by molar-refractivity contribution is -0.135. The average molecular weight is 434 g/mol. The van der Waals surface area contributed by atoms with Gasteiger partial charge < -0.3 is 15.4 Å². The van der Waals surface area contributed by atoms with E-state index in [2.05, 4.69) is 22.8 Å². The molecule has 0 aromatic heterocycles. The molecule has 2 aromatic carbocycles. The van der Waals surface area contributed by atoms with Crippen LogP contribution < -0.4 is 15.4 Å². The predicted octanol–water partition coefficient (Wildman–Crippen LogP) is 3.16. The summed E-state index contributed by atoms with van der Waals surface area (Å²) in [5, 5.41) is 5.66. The van der Waals surface area contributed by atoms with Crippen LogP contribution in [-0.2, 0) is 22.6 Å². The van der Waals surface area contributed by atoms with E-state index >= 15 is 0 Å². The van der Waals surface area contributed by atoms with E-state index in [0.717, 1.165) is 59.6 Å². The van der Waals surface area contributed by atoms with E-state index in [1.54, 1.807) is 0 Å². The minimum Gasteiger partial charge on any atom is -0.493 e. The first kappa shape index (κ1) is 20.5. The summed E-state index contributed by atoms with van der Waals surface area (Å²) in [6.07, 6.45) is 5.15. The number of nitrogens with zero attached hydrogens (tertiary/aromatic N) is 1. The number of hydrogen-bond acceptors (Lipinski definition) is 4. The van der Waals surface area contributed by atoms with Crippen LogP contribution >= 0.6 is 0 Å². The maximum absolute atomic E-state index is 12.8. The predicted molar refractivity (Wildman–Crippen MR) is 119 cm³/mol. The molecule has 166 valence electrons. The van der Waals surface area contributed by atoms with E-state index < -0.39 is 11.6 Å². The van der Waals surface area contributed by atoms with Crippen LogP contribution in [0.15, 0.2) is 42.5 Å². The number of hydrogen-bond donors (Lipinski definition) is 2. The fraction of sp³-hybridized carbons (Fsp3) is 0.400. The second kappa shape index (κ2) is 8.30. The summed E-state index contributed by atoms with van der Waals surface area (Å²) in [6, 6.07) is 13.8. The van der Waals surface area contributed by atoms with Crippen LogP contribution in [0.2, 0.25) is 0 Å². The fourth-order valence-electron chi connectivity index (χ4n) is 4.90. The minimum atomic E-state index is -0.797. The second-order valence-corrected chi connectivity index (χ2v) is 8.86. The van der Waals surface area contributed by atoms with Gasteiger partial charge in [-0.15, -0.1) is 0 Å². The number of nitrogens with one attached hydrogen (secondary N) is 2. The summed E-state index contributed by atoms with van der Waals surface area (Å²) >= 11 is 0. The van der Waals surface area contributed by atoms with E-state index in [0.29, 0.717) is 19.4 Å². The molecule has 0 atom stereocenters. The van der Waals surface area contributed by atoms with Gasteiger partial charge in [-0.3, -0.25) is 14.5 Å². The molecule has 0 radical (unpaired) electrons. The van der Waals surface area contributed by atoms with Gasteiger partial charge in [0.25, 0.3) is 5.91 Å². The topological polar surface area (TPSA) is 87.7 Å². The average Bonchev–Trinajstić information content (AvgIpc) is 3.37. The van der Waals surface area contributed by atoms with Gasteiger partial charge >= 0.3 is 6.03 Å². The van der Waals surface area contributed by atoms with Gasteiger partial charge in [0.2, 0.25) is 5.91 Å². The number of imide groups is 1. The normalized spacial score (nSPS) is 18.9. The third kappa shape index (κ3) is 3.83. The highest BCUT2D eigenvalue weighted by atomic mass is 16.5. The van der Waals surface area contributed by atoms with Crippen molar-refractivity contribution in [1.82, 2.24) is 15.5 Å². The molecule has 1 aliphatic carbocycles. The summed E-state index contributed by atoms with van der Waals surface area (Å²) in [5.74, 6) is 0.359. The Morgan fingerprint density at radius 3 is 2.56 bits per heavy atom. The number of benzene rings is 2. The Kier molecular flexibility index (Phi) is 5.33. The molecular weight excluding hydrogens is 406 g/mol. The molecule has 1 saturated carbocycles. The second-order valence-electron chi connectivity index (χ2n) is 8.86. The van der Waals surface area contributed by atoms with E-state index in [1.807, 2.05) is 30.3 Å². The largest absolute Gasteiger partial charge is 0.493 e. The Bertz CT molecular complexity index is 1060. The lowest BCUT2D eigenvalue weighted by atomic mass is 9.82. The van der Waals surface area contributed by atoms with Crippen molar-refractivity contribution in [3.63, 3.8) is 0 Å². The van der Waals surface area contributed by atoms with Crippen LogP contribution in [0.4, 0.5) is 4.79 Å². The van der Waals surface area contributed by atoms with Gasteiger partial charge in [-0.25, -0.2) is 4.79 Å². The van der Waals surface area contributed by atoms with Gasteiger partial charge in [-0.2, -0.15) is 0 Å². The number of ether oxygens (including phenoxy) is 1. The number of rotatable bonds is 5. The molecule has 2 aromatic rings. The maximum Gasteiger partial charge on any atom is 0.325 e. The van der Waals surface area contributed by atoms with E-state index in [1.165, 1.54) is 5.56 Å². The number of urea groups is 1. The molecule has 2 heterocycles. The van der Waals surface area contributed by atoms with Crippen LogP contribution in [0.5, 0.6) is 5.75 Å². The highest BCUT2D eigenvalue weighted by Gasteiger charge is 2.51. The van der Waals surface area contributed by atoms with Gasteiger partial charge in [0.05, 0.1) is 6.61 Å². The van der Waals surface area contributed by atoms with Crippen molar-refractivity contribution in [3.8, 4) is 16.9 Å². The number of carbonyl (C=O) groups excluding carboxylic acids is 3. The third-order valence-corrected chi connectivity index (χ3v) is 6.72. The minimum absolute atomic E-state index is 0.248. The van der Waals surface area contributed by atoms with Crippen molar-refractivity contribution >= 4 is 17.8 Å². The number of carbonyl (C=O) groups is 3. The van der Waals surface area contributed by atoms with E-state index in [4.69, 9.17) is 4.74 Å². The van der Waals surface area contributed by atoms with Crippen molar-refractivity contribution in [2.45, 2.75) is 50.6 Å². The molecule has 2 aliphatic heterocycles. The first-order chi connectivity index (χ1) is 15.5. The van der Waals surface area contributed by atoms with Crippen LogP contribution in [0.25, 0.3) is 11.1 Å². The smallest absolute Gasteiger partial charge is 0.325 e. The summed E-state index contributed by atoms with van der Waals surface area (Å²) in [6.45, 7) is 0.830. The Morgan fingerprint density at radius 1 is 1.03 bits per heavy atom. The molecule has 1 saturated heterocycles. The molecule has 32 heavy (non-hydrogen) atoms. The zero-order valence-corrected chi connectivity index (χ0v) is 18.0. The summed E-state index contributed by atoms with van der Waals surface area (Å²) in [7, 11) is 0. The van der Waals surface area contributed by atoms with Crippen LogP contribution in [-0.4, -0.2) is 41.4 Å². The van der Waals surface area contributed by atoms with Gasteiger partial charge in [-0.1, -0.05) is 49.6 Å². The Labute approximate surface area is 187 Å². The van der Waals surface area contributed by atoms with Gasteiger partial charge in [0.15, 0.2) is 0 Å². The third-order valence-electron chi connectivity index (χ3n) is 6.72. The Balaban J connectivity index is 1.17. The van der Waals surface area contributed by atoms with Crippen molar-refractivity contribution in [2.24, 2.45) is 0 Å². The molecule has 0 unspecified atom stereocenters. The highest BCUT2D eigenvalue weighted by molar-refractivity contribution is 6.09. The first-order valence-electron chi connectivity index (χ1n) is 11.3. The number of fused-ring (bicyclic) bond motifs is 1. The fourth-order valence-corrected chi connectivity index (χ4v) is 4.90. The molecule has 7 nitrogen and oxygen atoms in total. The molecule has 2 fully saturated rings. The molecule has 2 N–H and O–H groups in total. The van der Waals surface area contributed by atoms with Crippen LogP contribution in [0.1, 0.15) is 43.2 Å². The molecule has 7 heteroatoms. The first-order valence-corrected chi connectivity index (χ1v) is 11.3. The van der Waals surface area contributed by atoms with Crippen molar-refractivity contribution in [2.75, 3.05) is 13.2 Å². The van der Waals surface area contributed by atoms with E-state index in [9.17, 15) is 14.4 Å². The standard InChI is InChI=1S/C25H27N3O4/c29-22(16-28-23(30)25(27-24(28)31)11-2-1-3-12-25)26-15-17-4-6-18(7-5-17)19-8-9-21-20(14-19)10-13-32-21/h4-9,14H,1-3,10-13,15-16H2,(H,26,29)(H,27,31). The zero-order chi connectivity index (χ0) is 22.1. The Morgan fingerprint density at radius 2 is 1.78 bits per heavy atom. The molecule has 3 aliphatic rings. The van der Waals surface area contributed by atoms with E-state index in [-0.39, 0.29) is 18.4 Å². The molecule has 0 bridgehead atoms. The summed E-state index contributed by atoms with van der Waals surface area (Å²) in [4.78, 5) is 38.6. The molecule has 5 rings (SSSR count). The highest BCUT2D eigenvalue weighted by Crippen LogP contribution is 2.33. The van der Waals surface area contributed by atoms with Crippen LogP contribution in [0.3, 0.4) is 0 Å². The Hall–Kier alpha value is -3.35. The van der Waals surface area contributed by atoms with Gasteiger partial charge in [0, 0.05) is 13.0 Å². The molecule has 4 amide bonds. The number of amides is 4. The van der Waals surface area contributed by atoms with Crippen molar-refractivity contribution in [3.05, 3.63) is 53.6 Å². The summed E-state index contributed by atoms with van der Waals surface area (Å²) in [5.41, 5.74) is 3.63. The van der Waals surface area contributed by atoms with Crippen molar-refractivity contribution in [1.29, 1.82) is 0 Å². The van der Waals surface area contributed by atoms with Crippen LogP contribution in [0, 0.1) is 0 Å². The van der Waals surface area contributed by atoms with Gasteiger partial charge in [-0.05, 0) is 47.2 Å². The van der Waals surface area contributed by atoms with Crippen molar-refractivity contribution < 1.29 is 19.1 Å². The lowest BCUT2D eigenvalue weighted by Crippen LogP contribution is -2.49. The SMILES string of the molecule is O=C(CN1C(=O)NC2(CCCCC2)C1=O)NCc1ccc(-c2ccc3c(c2)CCO3)cc1.